The molecule has 0 aliphatic carbocycles. The summed E-state index contributed by atoms with van der Waals surface area (Å²) in [5.41, 5.74) is -0.284. The normalized spacial score (nSPS) is 13.4. The number of nitrogens with zero attached hydrogens (tertiary/aromatic N) is 1. The van der Waals surface area contributed by atoms with E-state index in [9.17, 15) is 8.78 Å². The van der Waals surface area contributed by atoms with Crippen molar-refractivity contribution >= 4 is 11.6 Å². The zero-order valence-corrected chi connectivity index (χ0v) is 8.15. The van der Waals surface area contributed by atoms with E-state index in [1.165, 1.54) is 12.1 Å². The van der Waals surface area contributed by atoms with Crippen molar-refractivity contribution in [3.8, 4) is 0 Å². The molecule has 1 rings (SSSR count). The molecule has 1 nitrogen and oxygen atoms in total. The summed E-state index contributed by atoms with van der Waals surface area (Å²) in [5, 5.41) is 0. The predicted octanol–water partition coefficient (Wildman–Crippen LogP) is 2.76. The Kier molecular flexibility index (Phi) is 3.22. The second kappa shape index (κ2) is 4.03. The molecule has 0 bridgehead atoms. The molecule has 0 N–H and O–H groups in total. The highest BCUT2D eigenvalue weighted by Crippen LogP contribution is 2.25. The minimum Gasteiger partial charge on any atom is -0.290 e. The fraction of sp³-hybridized carbons (Fsp3) is 0.333. The van der Waals surface area contributed by atoms with Crippen molar-refractivity contribution in [3.05, 3.63) is 35.4 Å². The quantitative estimate of drug-likeness (QED) is 0.530. The van der Waals surface area contributed by atoms with E-state index in [2.05, 4.69) is 0 Å². The molecular formula is C9H10ClF2N. The summed E-state index contributed by atoms with van der Waals surface area (Å²) in [7, 11) is 3.45. The van der Waals surface area contributed by atoms with Crippen molar-refractivity contribution in [1.82, 2.24) is 4.90 Å². The van der Waals surface area contributed by atoms with Gasteiger partial charge in [-0.2, -0.15) is 0 Å². The minimum atomic E-state index is -0.617. The summed E-state index contributed by atoms with van der Waals surface area (Å²) in [4.78, 5) is 1.64. The molecule has 13 heavy (non-hydrogen) atoms. The Morgan fingerprint density at radius 2 is 1.92 bits per heavy atom. The summed E-state index contributed by atoms with van der Waals surface area (Å²) in [6.07, 6.45) is 0. The van der Waals surface area contributed by atoms with Gasteiger partial charge in [-0.3, -0.25) is 4.90 Å². The van der Waals surface area contributed by atoms with Crippen LogP contribution in [-0.4, -0.2) is 19.0 Å². The second-order valence-electron chi connectivity index (χ2n) is 2.97. The number of hydrogen-bond acceptors (Lipinski definition) is 1. The molecule has 0 aliphatic rings. The number of halogens is 3. The Morgan fingerprint density at radius 3 is 2.38 bits per heavy atom. The van der Waals surface area contributed by atoms with Gasteiger partial charge in [0.2, 0.25) is 0 Å². The first-order chi connectivity index (χ1) is 6.02. The number of hydrogen-bond donors (Lipinski definition) is 0. The molecule has 0 radical (unpaired) electrons. The average molecular weight is 206 g/mol. The van der Waals surface area contributed by atoms with Crippen LogP contribution in [0.15, 0.2) is 18.2 Å². The molecule has 1 aromatic carbocycles. The zero-order valence-electron chi connectivity index (χ0n) is 7.39. The molecule has 0 aromatic heterocycles. The van der Waals surface area contributed by atoms with Gasteiger partial charge >= 0.3 is 0 Å². The first-order valence-electron chi connectivity index (χ1n) is 3.78. The van der Waals surface area contributed by atoms with Crippen molar-refractivity contribution in [2.75, 3.05) is 14.1 Å². The first kappa shape index (κ1) is 10.4. The fourth-order valence-electron chi connectivity index (χ4n) is 0.973. The monoisotopic (exact) mass is 205 g/mol. The Morgan fingerprint density at radius 1 is 1.31 bits per heavy atom. The highest BCUT2D eigenvalue weighted by Gasteiger charge is 2.14. The van der Waals surface area contributed by atoms with Crippen LogP contribution in [-0.2, 0) is 0 Å². The molecule has 0 aliphatic heterocycles. The molecule has 4 heteroatoms. The first-order valence-corrected chi connectivity index (χ1v) is 4.21. The molecule has 0 fully saturated rings. The lowest BCUT2D eigenvalue weighted by Gasteiger charge is -2.18. The van der Waals surface area contributed by atoms with Crippen LogP contribution in [0, 0.1) is 11.6 Å². The predicted molar refractivity (Wildman–Crippen MR) is 48.6 cm³/mol. The molecule has 0 amide bonds. The van der Waals surface area contributed by atoms with Gasteiger partial charge in [0.1, 0.15) is 17.1 Å². The third kappa shape index (κ3) is 2.39. The van der Waals surface area contributed by atoms with Gasteiger partial charge in [0.15, 0.2) is 0 Å². The largest absolute Gasteiger partial charge is 0.290 e. The maximum atomic E-state index is 13.1. The number of alkyl halides is 1. The lowest BCUT2D eigenvalue weighted by atomic mass is 10.2. The van der Waals surface area contributed by atoms with Crippen LogP contribution in [0.3, 0.4) is 0 Å². The van der Waals surface area contributed by atoms with Crippen LogP contribution >= 0.6 is 11.6 Å². The Balaban J connectivity index is 3.01. The smallest absolute Gasteiger partial charge is 0.132 e. The van der Waals surface area contributed by atoms with E-state index in [4.69, 9.17) is 11.6 Å². The number of benzene rings is 1. The summed E-state index contributed by atoms with van der Waals surface area (Å²) in [5.74, 6) is -1.21. The van der Waals surface area contributed by atoms with Crippen molar-refractivity contribution in [1.29, 1.82) is 0 Å². The molecule has 0 spiro atoms. The lowest BCUT2D eigenvalue weighted by Crippen LogP contribution is -2.15. The SMILES string of the molecule is CN(C)C(Cl)c1ccc(F)cc1F. The highest BCUT2D eigenvalue weighted by molar-refractivity contribution is 6.20. The third-order valence-electron chi connectivity index (χ3n) is 1.67. The lowest BCUT2D eigenvalue weighted by molar-refractivity contribution is 0.374. The van der Waals surface area contributed by atoms with Gasteiger partial charge in [0.05, 0.1) is 0 Å². The molecule has 0 heterocycles. The molecule has 1 aromatic rings. The van der Waals surface area contributed by atoms with E-state index in [1.807, 2.05) is 0 Å². The van der Waals surface area contributed by atoms with Crippen molar-refractivity contribution in [2.24, 2.45) is 0 Å². The molecular weight excluding hydrogens is 196 g/mol. The van der Waals surface area contributed by atoms with Crippen molar-refractivity contribution in [2.45, 2.75) is 5.50 Å². The Hall–Kier alpha value is -0.670. The average Bonchev–Trinajstić information content (AvgIpc) is 2.03. The third-order valence-corrected chi connectivity index (χ3v) is 2.30. The van der Waals surface area contributed by atoms with Gasteiger partial charge in [-0.1, -0.05) is 6.07 Å². The van der Waals surface area contributed by atoms with Crippen LogP contribution in [0.2, 0.25) is 0 Å². The summed E-state index contributed by atoms with van der Waals surface area (Å²) >= 11 is 5.86. The molecule has 72 valence electrons. The van der Waals surface area contributed by atoms with Gasteiger partial charge < -0.3 is 0 Å². The maximum Gasteiger partial charge on any atom is 0.132 e. The van der Waals surface area contributed by atoms with E-state index < -0.39 is 17.1 Å². The maximum absolute atomic E-state index is 13.1. The van der Waals surface area contributed by atoms with Crippen LogP contribution in [0.4, 0.5) is 8.78 Å². The zero-order chi connectivity index (χ0) is 10.0. The van der Waals surface area contributed by atoms with Crippen LogP contribution in [0.25, 0.3) is 0 Å². The molecule has 1 unspecified atom stereocenters. The second-order valence-corrected chi connectivity index (χ2v) is 3.38. The van der Waals surface area contributed by atoms with Crippen LogP contribution in [0.1, 0.15) is 11.1 Å². The van der Waals surface area contributed by atoms with Gasteiger partial charge in [0, 0.05) is 11.6 Å². The van der Waals surface area contributed by atoms with E-state index in [-0.39, 0.29) is 5.56 Å². The fourth-order valence-corrected chi connectivity index (χ4v) is 1.15. The Labute approximate surface area is 80.9 Å². The number of rotatable bonds is 2. The highest BCUT2D eigenvalue weighted by atomic mass is 35.5. The molecule has 0 saturated heterocycles. The van der Waals surface area contributed by atoms with Gasteiger partial charge in [-0.05, 0) is 20.2 Å². The van der Waals surface area contributed by atoms with E-state index in [0.717, 1.165) is 6.07 Å². The topological polar surface area (TPSA) is 3.24 Å². The molecule has 1 atom stereocenters. The van der Waals surface area contributed by atoms with Crippen LogP contribution in [0.5, 0.6) is 0 Å². The van der Waals surface area contributed by atoms with Gasteiger partial charge in [-0.25, -0.2) is 8.78 Å². The van der Waals surface area contributed by atoms with E-state index in [1.54, 1.807) is 19.0 Å². The van der Waals surface area contributed by atoms with E-state index >= 15 is 0 Å². The molecule has 0 saturated carbocycles. The van der Waals surface area contributed by atoms with Gasteiger partial charge in [0.25, 0.3) is 0 Å². The summed E-state index contributed by atoms with van der Waals surface area (Å²) < 4.78 is 25.6. The summed E-state index contributed by atoms with van der Waals surface area (Å²) in [6.45, 7) is 0. The summed E-state index contributed by atoms with van der Waals surface area (Å²) in [6, 6.07) is 3.37. The van der Waals surface area contributed by atoms with Crippen molar-refractivity contribution in [3.63, 3.8) is 0 Å². The standard InChI is InChI=1S/C9H10ClF2N/c1-13(2)9(10)7-4-3-6(11)5-8(7)12/h3-5,9H,1-2H3. The minimum absolute atomic E-state index is 0.285. The van der Waals surface area contributed by atoms with Gasteiger partial charge in [-0.15, -0.1) is 11.6 Å². The van der Waals surface area contributed by atoms with E-state index in [0.29, 0.717) is 0 Å². The Bertz CT molecular complexity index is 302. The van der Waals surface area contributed by atoms with Crippen molar-refractivity contribution < 1.29 is 8.78 Å². The van der Waals surface area contributed by atoms with Crippen LogP contribution < -0.4 is 0 Å².